The Kier molecular flexibility index (Phi) is 8.50. The number of rotatable bonds is 6. The van der Waals surface area contributed by atoms with Gasteiger partial charge in [0, 0.05) is 35.8 Å². The van der Waals surface area contributed by atoms with E-state index in [1.807, 2.05) is 48.5 Å². The highest BCUT2D eigenvalue weighted by atomic mass is 16.2. The van der Waals surface area contributed by atoms with Crippen LogP contribution >= 0.6 is 0 Å². The van der Waals surface area contributed by atoms with Crippen LogP contribution in [0.25, 0.3) is 0 Å². The van der Waals surface area contributed by atoms with Crippen molar-refractivity contribution in [2.45, 2.75) is 103 Å². The van der Waals surface area contributed by atoms with Crippen molar-refractivity contribution in [2.75, 3.05) is 5.32 Å². The van der Waals surface area contributed by atoms with Crippen LogP contribution in [0, 0.1) is 5.92 Å². The van der Waals surface area contributed by atoms with Crippen molar-refractivity contribution in [1.82, 2.24) is 4.90 Å². The van der Waals surface area contributed by atoms with Gasteiger partial charge in [-0.1, -0.05) is 77.1 Å². The fourth-order valence-electron chi connectivity index (χ4n) is 5.74. The Balaban J connectivity index is 1.49. The third kappa shape index (κ3) is 6.56. The Morgan fingerprint density at radius 3 is 2.25 bits per heavy atom. The number of amides is 2. The predicted octanol–water partition coefficient (Wildman–Crippen LogP) is 6.42. The lowest BCUT2D eigenvalue weighted by atomic mass is 9.85. The molecule has 0 aliphatic heterocycles. The average Bonchev–Trinajstić information content (AvgIpc) is 2.88. The van der Waals surface area contributed by atoms with E-state index in [4.69, 9.17) is 5.73 Å². The third-order valence-electron chi connectivity index (χ3n) is 7.97. The van der Waals surface area contributed by atoms with Crippen LogP contribution in [0.3, 0.4) is 0 Å². The van der Waals surface area contributed by atoms with Gasteiger partial charge in [0.2, 0.25) is 5.91 Å². The lowest BCUT2D eigenvalue weighted by molar-refractivity contribution is -0.141. The number of carbonyl (C=O) groups excluding carboxylic acids is 2. The number of nitrogens with one attached hydrogen (secondary N) is 1. The average molecular weight is 490 g/mol. The SMILES string of the molecule is CC(C)(C)c1ccc(C(=O)Nc2cccc(CN(C(=O)C3CCCCC3)C3CCCCC3N)c2)cc1. The number of benzene rings is 2. The fraction of sp³-hybridized carbons (Fsp3) is 0.548. The van der Waals surface area contributed by atoms with E-state index in [2.05, 4.69) is 31.0 Å². The second-order valence-electron chi connectivity index (χ2n) is 11.8. The number of anilines is 1. The minimum absolute atomic E-state index is 0.0326. The molecule has 5 nitrogen and oxygen atoms in total. The number of carbonyl (C=O) groups is 2. The molecule has 0 saturated heterocycles. The van der Waals surface area contributed by atoms with Crippen LogP contribution in [-0.2, 0) is 16.8 Å². The summed E-state index contributed by atoms with van der Waals surface area (Å²) in [6, 6.07) is 15.8. The van der Waals surface area contributed by atoms with Gasteiger partial charge in [-0.25, -0.2) is 0 Å². The first-order valence-corrected chi connectivity index (χ1v) is 13.8. The first kappa shape index (κ1) is 26.4. The van der Waals surface area contributed by atoms with Crippen LogP contribution in [0.1, 0.15) is 100 Å². The predicted molar refractivity (Wildman–Crippen MR) is 147 cm³/mol. The Morgan fingerprint density at radius 2 is 1.58 bits per heavy atom. The van der Waals surface area contributed by atoms with Crippen molar-refractivity contribution >= 4 is 17.5 Å². The number of nitrogens with zero attached hydrogens (tertiary/aromatic N) is 1. The van der Waals surface area contributed by atoms with Gasteiger partial charge >= 0.3 is 0 Å². The van der Waals surface area contributed by atoms with Crippen molar-refractivity contribution in [3.63, 3.8) is 0 Å². The van der Waals surface area contributed by atoms with E-state index in [1.165, 1.54) is 12.0 Å². The molecule has 2 atom stereocenters. The van der Waals surface area contributed by atoms with Crippen molar-refractivity contribution in [3.05, 3.63) is 65.2 Å². The summed E-state index contributed by atoms with van der Waals surface area (Å²) in [7, 11) is 0. The van der Waals surface area contributed by atoms with Crippen LogP contribution < -0.4 is 11.1 Å². The zero-order valence-electron chi connectivity index (χ0n) is 22.3. The Bertz CT molecular complexity index is 1030. The number of hydrogen-bond donors (Lipinski definition) is 2. The molecule has 3 N–H and O–H groups in total. The van der Waals surface area contributed by atoms with E-state index in [0.717, 1.165) is 62.6 Å². The normalized spacial score (nSPS) is 21.1. The molecular formula is C31H43N3O2. The largest absolute Gasteiger partial charge is 0.334 e. The molecule has 0 aromatic heterocycles. The quantitative estimate of drug-likeness (QED) is 0.492. The molecule has 2 unspecified atom stereocenters. The molecule has 36 heavy (non-hydrogen) atoms. The van der Waals surface area contributed by atoms with E-state index in [9.17, 15) is 9.59 Å². The van der Waals surface area contributed by atoms with Crippen LogP contribution in [0.2, 0.25) is 0 Å². The molecule has 2 aromatic carbocycles. The lowest BCUT2D eigenvalue weighted by Gasteiger charge is -2.40. The molecule has 5 heteroatoms. The second kappa shape index (κ2) is 11.6. The minimum Gasteiger partial charge on any atom is -0.334 e. The lowest BCUT2D eigenvalue weighted by Crippen LogP contribution is -2.53. The van der Waals surface area contributed by atoms with Crippen molar-refractivity contribution < 1.29 is 9.59 Å². The highest BCUT2D eigenvalue weighted by Gasteiger charge is 2.34. The molecule has 2 saturated carbocycles. The standard InChI is InChI=1S/C31H43N3O2/c1-31(2,3)25-18-16-23(17-19-25)29(35)33-26-13-9-10-22(20-26)21-34(28-15-8-7-14-27(28)32)30(36)24-11-5-4-6-12-24/h9-10,13,16-20,24,27-28H,4-8,11-12,14-15,21,32H2,1-3H3,(H,33,35). The molecular weight excluding hydrogens is 446 g/mol. The van der Waals surface area contributed by atoms with Crippen LogP contribution in [-0.4, -0.2) is 28.8 Å². The zero-order valence-corrected chi connectivity index (χ0v) is 22.3. The van der Waals surface area contributed by atoms with Gasteiger partial charge in [0.15, 0.2) is 0 Å². The van der Waals surface area contributed by atoms with E-state index in [-0.39, 0.29) is 35.2 Å². The van der Waals surface area contributed by atoms with Gasteiger partial charge < -0.3 is 16.0 Å². The first-order chi connectivity index (χ1) is 17.2. The molecule has 0 heterocycles. The van der Waals surface area contributed by atoms with E-state index in [1.54, 1.807) is 0 Å². The smallest absolute Gasteiger partial charge is 0.255 e. The Labute approximate surface area is 216 Å². The molecule has 0 spiro atoms. The summed E-state index contributed by atoms with van der Waals surface area (Å²) >= 11 is 0. The number of nitrogens with two attached hydrogens (primary N) is 1. The van der Waals surface area contributed by atoms with Gasteiger partial charge in [-0.15, -0.1) is 0 Å². The van der Waals surface area contributed by atoms with Crippen molar-refractivity contribution in [1.29, 1.82) is 0 Å². The van der Waals surface area contributed by atoms with Crippen LogP contribution in [0.4, 0.5) is 5.69 Å². The summed E-state index contributed by atoms with van der Waals surface area (Å²) < 4.78 is 0. The summed E-state index contributed by atoms with van der Waals surface area (Å²) in [5, 5.41) is 3.04. The van der Waals surface area contributed by atoms with E-state index >= 15 is 0 Å². The summed E-state index contributed by atoms with van der Waals surface area (Å²) in [5.41, 5.74) is 10.2. The molecule has 0 radical (unpaired) electrons. The zero-order chi connectivity index (χ0) is 25.7. The van der Waals surface area contributed by atoms with Crippen molar-refractivity contribution in [3.8, 4) is 0 Å². The molecule has 2 aliphatic carbocycles. The van der Waals surface area contributed by atoms with Crippen molar-refractivity contribution in [2.24, 2.45) is 11.7 Å². The highest BCUT2D eigenvalue weighted by molar-refractivity contribution is 6.04. The van der Waals surface area contributed by atoms with Gasteiger partial charge in [-0.05, 0) is 66.5 Å². The van der Waals surface area contributed by atoms with Crippen LogP contribution in [0.5, 0.6) is 0 Å². The summed E-state index contributed by atoms with van der Waals surface area (Å²) in [6.07, 6.45) is 9.69. The van der Waals surface area contributed by atoms with E-state index in [0.29, 0.717) is 12.1 Å². The van der Waals surface area contributed by atoms with Crippen LogP contribution in [0.15, 0.2) is 48.5 Å². The summed E-state index contributed by atoms with van der Waals surface area (Å²) in [5.74, 6) is 0.259. The monoisotopic (exact) mass is 489 g/mol. The number of hydrogen-bond acceptors (Lipinski definition) is 3. The van der Waals surface area contributed by atoms with Gasteiger partial charge in [0.05, 0.1) is 0 Å². The molecule has 0 bridgehead atoms. The van der Waals surface area contributed by atoms with Gasteiger partial charge in [0.1, 0.15) is 0 Å². The molecule has 2 fully saturated rings. The maximum Gasteiger partial charge on any atom is 0.255 e. The van der Waals surface area contributed by atoms with Gasteiger partial charge in [-0.3, -0.25) is 9.59 Å². The summed E-state index contributed by atoms with van der Waals surface area (Å²) in [6.45, 7) is 7.03. The first-order valence-electron chi connectivity index (χ1n) is 13.8. The molecule has 194 valence electrons. The third-order valence-corrected chi connectivity index (χ3v) is 7.97. The Hall–Kier alpha value is -2.66. The fourth-order valence-corrected chi connectivity index (χ4v) is 5.74. The summed E-state index contributed by atoms with van der Waals surface area (Å²) in [4.78, 5) is 28.7. The molecule has 2 amide bonds. The topological polar surface area (TPSA) is 75.4 Å². The maximum atomic E-state index is 13.7. The van der Waals surface area contributed by atoms with Gasteiger partial charge in [-0.2, -0.15) is 0 Å². The molecule has 2 aliphatic rings. The Morgan fingerprint density at radius 1 is 0.917 bits per heavy atom. The highest BCUT2D eigenvalue weighted by Crippen LogP contribution is 2.31. The second-order valence-corrected chi connectivity index (χ2v) is 11.8. The van der Waals surface area contributed by atoms with Gasteiger partial charge in [0.25, 0.3) is 5.91 Å². The van der Waals surface area contributed by atoms with E-state index < -0.39 is 0 Å². The molecule has 2 aromatic rings. The molecule has 4 rings (SSSR count). The maximum absolute atomic E-state index is 13.7. The minimum atomic E-state index is -0.128.